The summed E-state index contributed by atoms with van der Waals surface area (Å²) in [7, 11) is 1.84. The van der Waals surface area contributed by atoms with E-state index in [1.165, 1.54) is 0 Å². The normalized spacial score (nSPS) is 17.3. The Morgan fingerprint density at radius 1 is 1.61 bits per heavy atom. The van der Waals surface area contributed by atoms with E-state index < -0.39 is 0 Å². The average molecular weight is 247 g/mol. The van der Waals surface area contributed by atoms with Gasteiger partial charge in [0, 0.05) is 32.4 Å². The zero-order chi connectivity index (χ0) is 13.0. The third-order valence-corrected chi connectivity index (χ3v) is 3.15. The van der Waals surface area contributed by atoms with E-state index in [1.807, 2.05) is 7.05 Å². The number of nitrogens with zero attached hydrogens (tertiary/aromatic N) is 4. The maximum Gasteiger partial charge on any atom is 0.271 e. The molecule has 1 aliphatic rings. The van der Waals surface area contributed by atoms with Crippen LogP contribution in [0.25, 0.3) is 0 Å². The van der Waals surface area contributed by atoms with Crippen LogP contribution in [0.1, 0.15) is 23.3 Å². The van der Waals surface area contributed by atoms with Gasteiger partial charge in [-0.15, -0.1) is 0 Å². The number of piperidine rings is 1. The van der Waals surface area contributed by atoms with Crippen molar-refractivity contribution in [1.82, 2.24) is 19.8 Å². The van der Waals surface area contributed by atoms with Crippen LogP contribution >= 0.6 is 0 Å². The third-order valence-electron chi connectivity index (χ3n) is 3.15. The molecule has 0 radical (unpaired) electrons. The van der Waals surface area contributed by atoms with Crippen molar-refractivity contribution in [3.8, 4) is 6.07 Å². The average Bonchev–Trinajstić information content (AvgIpc) is 2.79. The first-order valence-corrected chi connectivity index (χ1v) is 6.07. The van der Waals surface area contributed by atoms with E-state index in [0.717, 1.165) is 25.9 Å². The minimum Gasteiger partial charge on any atom is -0.348 e. The Bertz CT molecular complexity index is 453. The number of likely N-dealkylation sites (tertiary alicyclic amines) is 1. The predicted molar refractivity (Wildman–Crippen MR) is 65.7 cm³/mol. The highest BCUT2D eigenvalue weighted by Gasteiger charge is 2.21. The number of carbonyl (C=O) groups excluding carboxylic acids is 1. The molecule has 1 amide bonds. The first kappa shape index (κ1) is 12.6. The maximum atomic E-state index is 11.9. The molecular weight excluding hydrogens is 230 g/mol. The third kappa shape index (κ3) is 3.08. The molecule has 0 aromatic carbocycles. The van der Waals surface area contributed by atoms with Gasteiger partial charge in [-0.2, -0.15) is 5.26 Å². The number of amides is 1. The molecule has 0 aliphatic carbocycles. The molecule has 0 bridgehead atoms. The summed E-state index contributed by atoms with van der Waals surface area (Å²) in [6.07, 6.45) is 5.10. The molecule has 1 aromatic heterocycles. The second kappa shape index (κ2) is 5.65. The molecule has 6 nitrogen and oxygen atoms in total. The Kier molecular flexibility index (Phi) is 3.95. The molecule has 18 heavy (non-hydrogen) atoms. The molecule has 1 fully saturated rings. The number of carbonyl (C=O) groups is 1. The summed E-state index contributed by atoms with van der Waals surface area (Å²) in [6, 6.07) is 2.34. The van der Waals surface area contributed by atoms with Gasteiger partial charge >= 0.3 is 0 Å². The number of hydrogen-bond donors (Lipinski definition) is 1. The van der Waals surface area contributed by atoms with E-state index >= 15 is 0 Å². The smallest absolute Gasteiger partial charge is 0.271 e. The van der Waals surface area contributed by atoms with Crippen molar-refractivity contribution >= 4 is 5.91 Å². The fraction of sp³-hybridized carbons (Fsp3) is 0.583. The second-order valence-corrected chi connectivity index (χ2v) is 4.61. The van der Waals surface area contributed by atoms with Crippen molar-refractivity contribution in [3.05, 3.63) is 18.2 Å². The summed E-state index contributed by atoms with van der Waals surface area (Å²) in [5.74, 6) is -0.116. The van der Waals surface area contributed by atoms with Crippen molar-refractivity contribution in [2.24, 2.45) is 7.05 Å². The Balaban J connectivity index is 1.81. The van der Waals surface area contributed by atoms with Gasteiger partial charge in [0.1, 0.15) is 5.69 Å². The fourth-order valence-electron chi connectivity index (χ4n) is 2.12. The zero-order valence-electron chi connectivity index (χ0n) is 10.5. The monoisotopic (exact) mass is 247 g/mol. The van der Waals surface area contributed by atoms with Crippen LogP contribution in [-0.2, 0) is 7.05 Å². The standard InChI is InChI=1S/C12H17N5O/c1-16-8-11(14-9-16)12(18)15-10-2-5-17(6-3-10)7-4-13/h8-10H,2-3,5-7H2,1H3,(H,15,18). The number of hydrogen-bond acceptors (Lipinski definition) is 4. The molecule has 0 spiro atoms. The predicted octanol–water partition coefficient (Wildman–Crippen LogP) is 0.138. The lowest BCUT2D eigenvalue weighted by Crippen LogP contribution is -2.44. The van der Waals surface area contributed by atoms with Crippen LogP contribution in [0, 0.1) is 11.3 Å². The second-order valence-electron chi connectivity index (χ2n) is 4.61. The Hall–Kier alpha value is -1.87. The molecule has 2 rings (SSSR count). The van der Waals surface area contributed by atoms with Gasteiger partial charge in [-0.05, 0) is 12.8 Å². The highest BCUT2D eigenvalue weighted by molar-refractivity contribution is 5.92. The highest BCUT2D eigenvalue weighted by Crippen LogP contribution is 2.10. The number of rotatable bonds is 3. The van der Waals surface area contributed by atoms with Gasteiger partial charge in [0.25, 0.3) is 5.91 Å². The molecule has 0 atom stereocenters. The van der Waals surface area contributed by atoms with E-state index in [2.05, 4.69) is 21.3 Å². The molecule has 1 aromatic rings. The molecule has 0 unspecified atom stereocenters. The van der Waals surface area contributed by atoms with E-state index in [1.54, 1.807) is 17.1 Å². The van der Waals surface area contributed by atoms with Gasteiger partial charge < -0.3 is 9.88 Å². The summed E-state index contributed by atoms with van der Waals surface area (Å²) in [5.41, 5.74) is 0.456. The number of nitrogens with one attached hydrogen (secondary N) is 1. The molecule has 6 heteroatoms. The van der Waals surface area contributed by atoms with E-state index in [0.29, 0.717) is 12.2 Å². The summed E-state index contributed by atoms with van der Waals surface area (Å²) in [4.78, 5) is 18.0. The Morgan fingerprint density at radius 2 is 2.33 bits per heavy atom. The van der Waals surface area contributed by atoms with Gasteiger partial charge in [-0.25, -0.2) is 4.98 Å². The summed E-state index contributed by atoms with van der Waals surface area (Å²) in [5, 5.41) is 11.6. The lowest BCUT2D eigenvalue weighted by Gasteiger charge is -2.30. The van der Waals surface area contributed by atoms with Crippen LogP contribution in [0.5, 0.6) is 0 Å². The Labute approximate surface area is 106 Å². The number of aryl methyl sites for hydroxylation is 1. The molecule has 1 aliphatic heterocycles. The van der Waals surface area contributed by atoms with E-state index in [9.17, 15) is 4.79 Å². The molecule has 2 heterocycles. The van der Waals surface area contributed by atoms with Crippen molar-refractivity contribution in [1.29, 1.82) is 5.26 Å². The van der Waals surface area contributed by atoms with Crippen molar-refractivity contribution in [3.63, 3.8) is 0 Å². The summed E-state index contributed by atoms with van der Waals surface area (Å²) >= 11 is 0. The van der Waals surface area contributed by atoms with Crippen molar-refractivity contribution in [2.45, 2.75) is 18.9 Å². The van der Waals surface area contributed by atoms with Gasteiger partial charge in [0.15, 0.2) is 0 Å². The fourth-order valence-corrected chi connectivity index (χ4v) is 2.12. The first-order chi connectivity index (χ1) is 8.69. The van der Waals surface area contributed by atoms with E-state index in [-0.39, 0.29) is 11.9 Å². The maximum absolute atomic E-state index is 11.9. The lowest BCUT2D eigenvalue weighted by atomic mass is 10.1. The van der Waals surface area contributed by atoms with Crippen LogP contribution in [0.3, 0.4) is 0 Å². The quantitative estimate of drug-likeness (QED) is 0.771. The van der Waals surface area contributed by atoms with Gasteiger partial charge in [-0.1, -0.05) is 0 Å². The van der Waals surface area contributed by atoms with Gasteiger partial charge in [-0.3, -0.25) is 9.69 Å². The number of aromatic nitrogens is 2. The van der Waals surface area contributed by atoms with Gasteiger partial charge in [0.05, 0.1) is 18.9 Å². The van der Waals surface area contributed by atoms with Crippen molar-refractivity contribution < 1.29 is 4.79 Å². The van der Waals surface area contributed by atoms with Crippen molar-refractivity contribution in [2.75, 3.05) is 19.6 Å². The molecule has 1 N–H and O–H groups in total. The zero-order valence-corrected chi connectivity index (χ0v) is 10.5. The minimum atomic E-state index is -0.116. The minimum absolute atomic E-state index is 0.116. The van der Waals surface area contributed by atoms with Gasteiger partial charge in [0.2, 0.25) is 0 Å². The van der Waals surface area contributed by atoms with Crippen LogP contribution in [-0.4, -0.2) is 46.0 Å². The molecule has 0 saturated carbocycles. The van der Waals surface area contributed by atoms with Crippen LogP contribution in [0.4, 0.5) is 0 Å². The lowest BCUT2D eigenvalue weighted by molar-refractivity contribution is 0.0909. The number of nitriles is 1. The van der Waals surface area contributed by atoms with E-state index in [4.69, 9.17) is 5.26 Å². The highest BCUT2D eigenvalue weighted by atomic mass is 16.2. The topological polar surface area (TPSA) is 74.0 Å². The van der Waals surface area contributed by atoms with Crippen LogP contribution in [0.15, 0.2) is 12.5 Å². The molecule has 96 valence electrons. The van der Waals surface area contributed by atoms with Crippen LogP contribution in [0.2, 0.25) is 0 Å². The first-order valence-electron chi connectivity index (χ1n) is 6.07. The molecule has 1 saturated heterocycles. The molecular formula is C12H17N5O. The summed E-state index contributed by atoms with van der Waals surface area (Å²) in [6.45, 7) is 2.20. The van der Waals surface area contributed by atoms with Crippen LogP contribution < -0.4 is 5.32 Å². The summed E-state index contributed by atoms with van der Waals surface area (Å²) < 4.78 is 1.75. The Morgan fingerprint density at radius 3 is 2.89 bits per heavy atom. The largest absolute Gasteiger partial charge is 0.348 e. The SMILES string of the molecule is Cn1cnc(C(=O)NC2CCN(CC#N)CC2)c1. The number of imidazole rings is 1.